The van der Waals surface area contributed by atoms with Crippen molar-refractivity contribution in [2.75, 3.05) is 13.1 Å². The van der Waals surface area contributed by atoms with Crippen molar-refractivity contribution in [3.63, 3.8) is 0 Å². The normalized spacial score (nSPS) is 20.0. The van der Waals surface area contributed by atoms with Gasteiger partial charge in [0.15, 0.2) is 6.04 Å². The highest BCUT2D eigenvalue weighted by atomic mass is 35.5. The predicted molar refractivity (Wildman–Crippen MR) is 114 cm³/mol. The molecule has 4 rings (SSSR count). The quantitative estimate of drug-likeness (QED) is 0.599. The molecule has 1 saturated heterocycles. The molecule has 2 aromatic carbocycles. The third-order valence-electron chi connectivity index (χ3n) is 5.93. The van der Waals surface area contributed by atoms with Crippen molar-refractivity contribution >= 4 is 17.5 Å². The Kier molecular flexibility index (Phi) is 6.40. The van der Waals surface area contributed by atoms with Crippen LogP contribution in [-0.4, -0.2) is 39.2 Å². The summed E-state index contributed by atoms with van der Waals surface area (Å²) in [5.74, 6) is 0.525. The second kappa shape index (κ2) is 9.36. The van der Waals surface area contributed by atoms with Gasteiger partial charge < -0.3 is 10.6 Å². The molecule has 0 spiro atoms. The Hall–Kier alpha value is -2.77. The van der Waals surface area contributed by atoms with E-state index in [2.05, 4.69) is 27.7 Å². The number of quaternary nitrogens is 1. The topological polar surface area (TPSA) is 91.1 Å². The molecule has 0 unspecified atom stereocenters. The number of amides is 1. The van der Waals surface area contributed by atoms with Gasteiger partial charge in [-0.05, 0) is 28.5 Å². The van der Waals surface area contributed by atoms with Crippen LogP contribution in [0.15, 0.2) is 54.6 Å². The van der Waals surface area contributed by atoms with Crippen LogP contribution in [0.1, 0.15) is 35.8 Å². The highest BCUT2D eigenvalue weighted by Gasteiger charge is 2.36. The van der Waals surface area contributed by atoms with E-state index >= 15 is 0 Å². The van der Waals surface area contributed by atoms with Gasteiger partial charge in [-0.25, -0.2) is 4.68 Å². The minimum absolute atomic E-state index is 0.0604. The van der Waals surface area contributed by atoms with Crippen molar-refractivity contribution in [3.05, 3.63) is 76.6 Å². The third kappa shape index (κ3) is 4.52. The molecular weight excluding hydrogens is 400 g/mol. The molecule has 0 radical (unpaired) electrons. The van der Waals surface area contributed by atoms with Crippen molar-refractivity contribution in [3.8, 4) is 0 Å². The van der Waals surface area contributed by atoms with Gasteiger partial charge in [-0.2, -0.15) is 0 Å². The van der Waals surface area contributed by atoms with E-state index in [-0.39, 0.29) is 17.9 Å². The molecule has 0 aliphatic carbocycles. The molecule has 1 fully saturated rings. The molecule has 7 nitrogen and oxygen atoms in total. The molecule has 8 heteroatoms. The second-order valence-corrected chi connectivity index (χ2v) is 8.19. The molecule has 1 aliphatic heterocycles. The largest absolute Gasteiger partial charge is 0.369 e. The highest BCUT2D eigenvalue weighted by molar-refractivity contribution is 6.31. The van der Waals surface area contributed by atoms with Crippen molar-refractivity contribution in [1.82, 2.24) is 20.2 Å². The summed E-state index contributed by atoms with van der Waals surface area (Å²) in [5.41, 5.74) is 7.77. The number of hydrogen-bond acceptors (Lipinski definition) is 4. The third-order valence-corrected chi connectivity index (χ3v) is 6.27. The molecule has 1 aliphatic rings. The molecule has 3 aromatic rings. The minimum Gasteiger partial charge on any atom is -0.369 e. The molecule has 1 aromatic heterocycles. The fourth-order valence-corrected chi connectivity index (χ4v) is 4.51. The van der Waals surface area contributed by atoms with Crippen LogP contribution >= 0.6 is 11.6 Å². The summed E-state index contributed by atoms with van der Waals surface area (Å²) in [4.78, 5) is 12.9. The van der Waals surface area contributed by atoms with Crippen molar-refractivity contribution in [2.45, 2.75) is 31.8 Å². The van der Waals surface area contributed by atoms with E-state index in [9.17, 15) is 4.79 Å². The lowest BCUT2D eigenvalue weighted by molar-refractivity contribution is -0.931. The smallest absolute Gasteiger partial charge is 0.220 e. The molecule has 30 heavy (non-hydrogen) atoms. The Morgan fingerprint density at radius 3 is 2.53 bits per heavy atom. The first kappa shape index (κ1) is 20.5. The molecule has 0 bridgehead atoms. The number of nitrogens with zero attached hydrogens (tertiary/aromatic N) is 4. The first-order valence-corrected chi connectivity index (χ1v) is 10.7. The number of aromatic nitrogens is 4. The number of carbonyl (C=O) groups excluding carboxylic acids is 1. The molecular formula is C22H26ClN6O+. The number of carbonyl (C=O) groups is 1. The number of nitrogens with two attached hydrogens (primary N) is 1. The van der Waals surface area contributed by atoms with Crippen LogP contribution in [0.4, 0.5) is 0 Å². The first-order chi connectivity index (χ1) is 14.6. The maximum atomic E-state index is 11.6. The Balaban J connectivity index is 1.62. The number of likely N-dealkylation sites (tertiary alicyclic amines) is 1. The molecule has 3 N–H and O–H groups in total. The fraction of sp³-hybridized carbons (Fsp3) is 0.364. The Labute approximate surface area is 180 Å². The molecule has 1 amide bonds. The number of nitrogens with one attached hydrogen (secondary N) is 1. The zero-order valence-corrected chi connectivity index (χ0v) is 17.5. The minimum atomic E-state index is -0.212. The van der Waals surface area contributed by atoms with Gasteiger partial charge in [0, 0.05) is 30.9 Å². The predicted octanol–water partition coefficient (Wildman–Crippen LogP) is 1.44. The van der Waals surface area contributed by atoms with E-state index in [1.807, 2.05) is 47.1 Å². The van der Waals surface area contributed by atoms with Crippen molar-refractivity contribution in [2.24, 2.45) is 11.7 Å². The monoisotopic (exact) mass is 425 g/mol. The summed E-state index contributed by atoms with van der Waals surface area (Å²) in [7, 11) is 0. The SMILES string of the molecule is NC(=O)C1CC[NH+]([C@@H](c2ccccc2Cl)c2nnnn2CCc2ccccc2)CC1. The van der Waals surface area contributed by atoms with Gasteiger partial charge in [0.05, 0.1) is 18.1 Å². The molecule has 156 valence electrons. The van der Waals surface area contributed by atoms with Gasteiger partial charge in [-0.3, -0.25) is 4.79 Å². The number of rotatable bonds is 7. The highest BCUT2D eigenvalue weighted by Crippen LogP contribution is 2.26. The molecule has 0 saturated carbocycles. The van der Waals surface area contributed by atoms with E-state index in [1.165, 1.54) is 10.5 Å². The van der Waals surface area contributed by atoms with Crippen molar-refractivity contribution in [1.29, 1.82) is 0 Å². The summed E-state index contributed by atoms with van der Waals surface area (Å²) in [6.07, 6.45) is 2.36. The number of hydrogen-bond donors (Lipinski definition) is 2. The fourth-order valence-electron chi connectivity index (χ4n) is 4.27. The Morgan fingerprint density at radius 2 is 1.83 bits per heavy atom. The van der Waals surface area contributed by atoms with Crippen LogP contribution in [0.25, 0.3) is 0 Å². The van der Waals surface area contributed by atoms with Crippen LogP contribution in [0.2, 0.25) is 5.02 Å². The second-order valence-electron chi connectivity index (χ2n) is 7.79. The van der Waals surface area contributed by atoms with E-state index in [0.717, 1.165) is 43.7 Å². The van der Waals surface area contributed by atoms with Gasteiger partial charge in [-0.1, -0.05) is 60.1 Å². The van der Waals surface area contributed by atoms with Crippen molar-refractivity contribution < 1.29 is 9.69 Å². The summed E-state index contributed by atoms with van der Waals surface area (Å²) < 4.78 is 1.88. The lowest BCUT2D eigenvalue weighted by atomic mass is 9.93. The zero-order chi connectivity index (χ0) is 20.9. The Bertz CT molecular complexity index is 984. The first-order valence-electron chi connectivity index (χ1n) is 10.3. The van der Waals surface area contributed by atoms with Gasteiger partial charge in [-0.15, -0.1) is 5.10 Å². The average Bonchev–Trinajstić information content (AvgIpc) is 3.23. The van der Waals surface area contributed by atoms with Crippen LogP contribution < -0.4 is 10.6 Å². The van der Waals surface area contributed by atoms with E-state index in [1.54, 1.807) is 0 Å². The summed E-state index contributed by atoms with van der Waals surface area (Å²) in [6.45, 7) is 2.31. The van der Waals surface area contributed by atoms with Crippen LogP contribution in [-0.2, 0) is 17.8 Å². The lowest BCUT2D eigenvalue weighted by Gasteiger charge is -2.33. The van der Waals surface area contributed by atoms with E-state index < -0.39 is 0 Å². The molecule has 1 atom stereocenters. The van der Waals surface area contributed by atoms with Gasteiger partial charge >= 0.3 is 0 Å². The zero-order valence-electron chi connectivity index (χ0n) is 16.7. The van der Waals surface area contributed by atoms with Gasteiger partial charge in [0.25, 0.3) is 0 Å². The van der Waals surface area contributed by atoms with Crippen LogP contribution in [0, 0.1) is 5.92 Å². The molecule has 2 heterocycles. The van der Waals surface area contributed by atoms with Crippen LogP contribution in [0.3, 0.4) is 0 Å². The number of primary amides is 1. The van der Waals surface area contributed by atoms with Crippen LogP contribution in [0.5, 0.6) is 0 Å². The maximum Gasteiger partial charge on any atom is 0.220 e. The summed E-state index contributed by atoms with van der Waals surface area (Å²) in [6, 6.07) is 18.1. The summed E-state index contributed by atoms with van der Waals surface area (Å²) >= 11 is 6.59. The lowest BCUT2D eigenvalue weighted by Crippen LogP contribution is -3.13. The van der Waals surface area contributed by atoms with Gasteiger partial charge in [0.2, 0.25) is 11.7 Å². The number of aryl methyl sites for hydroxylation is 2. The number of halogens is 1. The Morgan fingerprint density at radius 1 is 1.13 bits per heavy atom. The van der Waals surface area contributed by atoms with E-state index in [0.29, 0.717) is 11.6 Å². The number of tetrazole rings is 1. The average molecular weight is 426 g/mol. The number of piperidine rings is 1. The standard InChI is InChI=1S/C22H25ClN6O/c23-19-9-5-4-8-18(19)20(28-13-11-17(12-14-28)21(24)30)22-25-26-27-29(22)15-10-16-6-2-1-3-7-16/h1-9,17,20H,10-15H2,(H2,24,30)/p+1/t20-/m0/s1. The number of benzene rings is 2. The maximum absolute atomic E-state index is 11.6. The van der Waals surface area contributed by atoms with Gasteiger partial charge in [0.1, 0.15) is 0 Å². The van der Waals surface area contributed by atoms with E-state index in [4.69, 9.17) is 17.3 Å². The summed E-state index contributed by atoms with van der Waals surface area (Å²) in [5, 5.41) is 13.4.